The van der Waals surface area contributed by atoms with E-state index in [9.17, 15) is 4.79 Å². The van der Waals surface area contributed by atoms with E-state index in [1.807, 2.05) is 19.1 Å². The summed E-state index contributed by atoms with van der Waals surface area (Å²) in [5, 5.41) is 4.07. The third-order valence-electron chi connectivity index (χ3n) is 5.92. The predicted octanol–water partition coefficient (Wildman–Crippen LogP) is 4.67. The highest BCUT2D eigenvalue weighted by Gasteiger charge is 2.46. The lowest BCUT2D eigenvalue weighted by Gasteiger charge is -2.49. The number of carbonyl (C=O) groups excluding carboxylic acids is 1. The van der Waals surface area contributed by atoms with Gasteiger partial charge in [-0.05, 0) is 48.8 Å². The molecule has 1 aliphatic carbocycles. The Bertz CT molecular complexity index is 566. The van der Waals surface area contributed by atoms with Crippen LogP contribution in [0, 0.1) is 11.8 Å². The Balaban J connectivity index is 2.25. The second-order valence-corrected chi connectivity index (χ2v) is 8.56. The topological polar surface area (TPSA) is 55.1 Å². The van der Waals surface area contributed by atoms with E-state index in [4.69, 9.17) is 17.3 Å². The van der Waals surface area contributed by atoms with Crippen LogP contribution in [0.5, 0.6) is 0 Å². The van der Waals surface area contributed by atoms with Crippen LogP contribution in [0.25, 0.3) is 0 Å². The fraction of sp³-hybridized carbons (Fsp3) is 0.667. The van der Waals surface area contributed by atoms with Crippen molar-refractivity contribution in [2.75, 3.05) is 0 Å². The minimum Gasteiger partial charge on any atom is -0.351 e. The van der Waals surface area contributed by atoms with Crippen LogP contribution in [0.4, 0.5) is 0 Å². The summed E-state index contributed by atoms with van der Waals surface area (Å²) >= 11 is 6.08. The van der Waals surface area contributed by atoms with Crippen LogP contribution >= 0.6 is 11.6 Å². The minimum absolute atomic E-state index is 0.0136. The maximum atomic E-state index is 12.8. The summed E-state index contributed by atoms with van der Waals surface area (Å²) in [5.74, 6) is 0.683. The largest absolute Gasteiger partial charge is 0.351 e. The molecule has 4 heteroatoms. The Morgan fingerprint density at radius 2 is 1.84 bits per heavy atom. The summed E-state index contributed by atoms with van der Waals surface area (Å²) < 4.78 is 0. The Hall–Kier alpha value is -1.06. The van der Waals surface area contributed by atoms with Gasteiger partial charge in [0.2, 0.25) is 5.91 Å². The van der Waals surface area contributed by atoms with Gasteiger partial charge in [-0.1, -0.05) is 64.3 Å². The van der Waals surface area contributed by atoms with Gasteiger partial charge in [0.1, 0.15) is 0 Å². The van der Waals surface area contributed by atoms with Crippen LogP contribution in [-0.2, 0) is 10.2 Å². The summed E-state index contributed by atoms with van der Waals surface area (Å²) in [5.41, 5.74) is 7.48. The number of nitrogens with two attached hydrogens (primary N) is 1. The van der Waals surface area contributed by atoms with Crippen LogP contribution in [-0.4, -0.2) is 18.0 Å². The number of carbonyl (C=O) groups is 1. The molecule has 3 atom stereocenters. The fourth-order valence-corrected chi connectivity index (χ4v) is 3.98. The Morgan fingerprint density at radius 1 is 1.24 bits per heavy atom. The van der Waals surface area contributed by atoms with Crippen molar-refractivity contribution in [3.63, 3.8) is 0 Å². The van der Waals surface area contributed by atoms with Gasteiger partial charge >= 0.3 is 0 Å². The number of rotatable bonds is 8. The molecule has 140 valence electrons. The van der Waals surface area contributed by atoms with Crippen molar-refractivity contribution in [3.8, 4) is 0 Å². The first-order chi connectivity index (χ1) is 11.8. The van der Waals surface area contributed by atoms with Gasteiger partial charge in [-0.2, -0.15) is 0 Å². The maximum absolute atomic E-state index is 12.8. The van der Waals surface area contributed by atoms with Gasteiger partial charge in [0, 0.05) is 16.5 Å². The zero-order chi connectivity index (χ0) is 18.6. The van der Waals surface area contributed by atoms with E-state index >= 15 is 0 Å². The minimum atomic E-state index is -0.443. The Morgan fingerprint density at radius 3 is 2.28 bits per heavy atom. The number of nitrogens with one attached hydrogen (secondary N) is 1. The number of benzene rings is 1. The first kappa shape index (κ1) is 20.3. The lowest BCUT2D eigenvalue weighted by atomic mass is 9.58. The van der Waals surface area contributed by atoms with Crippen molar-refractivity contribution in [3.05, 3.63) is 34.9 Å². The molecule has 1 saturated carbocycles. The molecule has 1 aromatic rings. The Kier molecular flexibility index (Phi) is 6.93. The molecule has 0 spiro atoms. The molecule has 2 rings (SSSR count). The number of hydrogen-bond donors (Lipinski definition) is 2. The van der Waals surface area contributed by atoms with Crippen molar-refractivity contribution in [2.45, 2.75) is 77.3 Å². The standard InChI is InChI=1S/C21H33ClN2O/c1-5-15(4)19(23)20(25)24-18(13-14(2)3)21(11-6-12-21)16-7-9-17(22)10-8-16/h7-10,14-15,18-19H,5-6,11-13,23H2,1-4H3,(H,24,25)/t15-,18?,19-/m0/s1. The molecular weight excluding hydrogens is 332 g/mol. The summed E-state index contributed by atoms with van der Waals surface area (Å²) in [6.07, 6.45) is 5.27. The monoisotopic (exact) mass is 364 g/mol. The van der Waals surface area contributed by atoms with E-state index in [0.717, 1.165) is 30.7 Å². The second-order valence-electron chi connectivity index (χ2n) is 8.12. The van der Waals surface area contributed by atoms with E-state index in [2.05, 4.69) is 38.2 Å². The van der Waals surface area contributed by atoms with Gasteiger partial charge in [0.15, 0.2) is 0 Å². The van der Waals surface area contributed by atoms with Crippen molar-refractivity contribution in [2.24, 2.45) is 17.6 Å². The SMILES string of the molecule is CC[C@H](C)[C@H](N)C(=O)NC(CC(C)C)C1(c2ccc(Cl)cc2)CCC1. The molecule has 0 aliphatic heterocycles. The van der Waals surface area contributed by atoms with Gasteiger partial charge in [-0.15, -0.1) is 0 Å². The fourth-order valence-electron chi connectivity index (χ4n) is 3.85. The molecule has 0 saturated heterocycles. The van der Waals surface area contributed by atoms with Crippen molar-refractivity contribution in [1.29, 1.82) is 0 Å². The number of amides is 1. The highest BCUT2D eigenvalue weighted by molar-refractivity contribution is 6.30. The van der Waals surface area contributed by atoms with Crippen molar-refractivity contribution in [1.82, 2.24) is 5.32 Å². The van der Waals surface area contributed by atoms with E-state index in [1.54, 1.807) is 0 Å². The molecule has 0 heterocycles. The highest BCUT2D eigenvalue weighted by Crippen LogP contribution is 2.48. The average molecular weight is 365 g/mol. The molecule has 1 aromatic carbocycles. The van der Waals surface area contributed by atoms with E-state index in [1.165, 1.54) is 12.0 Å². The lowest BCUT2D eigenvalue weighted by Crippen LogP contribution is -2.58. The normalized spacial score (nSPS) is 19.8. The Labute approximate surface area is 157 Å². The molecule has 25 heavy (non-hydrogen) atoms. The molecule has 1 aliphatic rings. The first-order valence-electron chi connectivity index (χ1n) is 9.62. The molecule has 1 unspecified atom stereocenters. The number of hydrogen-bond acceptors (Lipinski definition) is 2. The third-order valence-corrected chi connectivity index (χ3v) is 6.17. The summed E-state index contributed by atoms with van der Waals surface area (Å²) in [6.45, 7) is 8.54. The summed E-state index contributed by atoms with van der Waals surface area (Å²) in [7, 11) is 0. The van der Waals surface area contributed by atoms with E-state index in [-0.39, 0.29) is 23.3 Å². The van der Waals surface area contributed by atoms with Crippen molar-refractivity contribution < 1.29 is 4.79 Å². The highest BCUT2D eigenvalue weighted by atomic mass is 35.5. The van der Waals surface area contributed by atoms with E-state index in [0.29, 0.717) is 5.92 Å². The van der Waals surface area contributed by atoms with Crippen LogP contribution < -0.4 is 11.1 Å². The first-order valence-corrected chi connectivity index (χ1v) is 10.00. The van der Waals surface area contributed by atoms with Gasteiger partial charge in [0.25, 0.3) is 0 Å². The quantitative estimate of drug-likeness (QED) is 0.704. The molecule has 0 radical (unpaired) electrons. The molecule has 3 nitrogen and oxygen atoms in total. The molecule has 0 aromatic heterocycles. The van der Waals surface area contributed by atoms with Crippen molar-refractivity contribution >= 4 is 17.5 Å². The van der Waals surface area contributed by atoms with Gasteiger partial charge in [-0.3, -0.25) is 4.79 Å². The molecule has 1 fully saturated rings. The summed E-state index contributed by atoms with van der Waals surface area (Å²) in [4.78, 5) is 12.8. The summed E-state index contributed by atoms with van der Waals surface area (Å²) in [6, 6.07) is 7.82. The van der Waals surface area contributed by atoms with Crippen LogP contribution in [0.3, 0.4) is 0 Å². The van der Waals surface area contributed by atoms with Gasteiger partial charge in [0.05, 0.1) is 6.04 Å². The molecular formula is C21H33ClN2O. The van der Waals surface area contributed by atoms with Crippen LogP contribution in [0.2, 0.25) is 5.02 Å². The second kappa shape index (κ2) is 8.55. The molecule has 0 bridgehead atoms. The van der Waals surface area contributed by atoms with Crippen LogP contribution in [0.1, 0.15) is 65.4 Å². The average Bonchev–Trinajstić information content (AvgIpc) is 2.53. The predicted molar refractivity (Wildman–Crippen MR) is 106 cm³/mol. The molecule has 3 N–H and O–H groups in total. The van der Waals surface area contributed by atoms with Crippen LogP contribution in [0.15, 0.2) is 24.3 Å². The van der Waals surface area contributed by atoms with Gasteiger partial charge in [-0.25, -0.2) is 0 Å². The zero-order valence-electron chi connectivity index (χ0n) is 16.0. The smallest absolute Gasteiger partial charge is 0.237 e. The zero-order valence-corrected chi connectivity index (χ0v) is 16.8. The van der Waals surface area contributed by atoms with Gasteiger partial charge < -0.3 is 11.1 Å². The third kappa shape index (κ3) is 4.57. The lowest BCUT2D eigenvalue weighted by molar-refractivity contribution is -0.125. The number of halogens is 1. The maximum Gasteiger partial charge on any atom is 0.237 e. The van der Waals surface area contributed by atoms with E-state index < -0.39 is 6.04 Å². The molecule has 1 amide bonds.